The molecule has 3 aromatic rings. The second-order valence-electron chi connectivity index (χ2n) is 4.35. The van der Waals surface area contributed by atoms with Gasteiger partial charge >= 0.3 is 6.18 Å². The van der Waals surface area contributed by atoms with Gasteiger partial charge in [0.1, 0.15) is 6.54 Å². The number of anilines is 1. The van der Waals surface area contributed by atoms with Crippen LogP contribution in [0.1, 0.15) is 0 Å². The Labute approximate surface area is 124 Å². The number of pyridine rings is 1. The minimum absolute atomic E-state index is 0.0806. The zero-order valence-corrected chi connectivity index (χ0v) is 11.9. The van der Waals surface area contributed by atoms with E-state index in [4.69, 9.17) is 5.73 Å². The van der Waals surface area contributed by atoms with Crippen LogP contribution in [0.2, 0.25) is 0 Å². The van der Waals surface area contributed by atoms with Crippen LogP contribution in [-0.2, 0) is 6.54 Å². The van der Waals surface area contributed by atoms with Crippen LogP contribution < -0.4 is 5.73 Å². The third-order valence-corrected chi connectivity index (χ3v) is 3.14. The number of hydrogen-bond donors (Lipinski definition) is 1. The van der Waals surface area contributed by atoms with Crippen molar-refractivity contribution < 1.29 is 13.2 Å². The van der Waals surface area contributed by atoms with E-state index in [1.807, 2.05) is 0 Å². The first-order valence-corrected chi connectivity index (χ1v) is 6.52. The first-order valence-electron chi connectivity index (χ1n) is 5.73. The number of nitrogens with two attached hydrogens (primary N) is 1. The number of nitrogens with zero attached hydrogens (tertiary/aromatic N) is 5. The smallest absolute Gasteiger partial charge is 0.366 e. The molecule has 3 aromatic heterocycles. The lowest BCUT2D eigenvalue weighted by atomic mass is 10.1. The van der Waals surface area contributed by atoms with Crippen molar-refractivity contribution in [3.8, 4) is 11.1 Å². The van der Waals surface area contributed by atoms with Crippen LogP contribution in [0, 0.1) is 0 Å². The molecule has 0 radical (unpaired) electrons. The first-order chi connectivity index (χ1) is 9.82. The fraction of sp³-hybridized carbons (Fsp3) is 0.182. The van der Waals surface area contributed by atoms with Gasteiger partial charge < -0.3 is 5.73 Å². The Hall–Kier alpha value is -2.10. The molecule has 3 rings (SSSR count). The minimum Gasteiger partial charge on any atom is -0.366 e. The number of halogens is 4. The number of hydrogen-bond acceptors (Lipinski definition) is 4. The van der Waals surface area contributed by atoms with E-state index in [1.165, 1.54) is 16.9 Å². The number of nitrogen functional groups attached to an aromatic ring is 1. The summed E-state index contributed by atoms with van der Waals surface area (Å²) >= 11 is 3.31. The van der Waals surface area contributed by atoms with E-state index < -0.39 is 12.7 Å². The monoisotopic (exact) mass is 360 g/mol. The molecular weight excluding hydrogens is 353 g/mol. The SMILES string of the molecule is Nc1nc2c(-c3cnn(CC(F)(F)F)c3)cc(Br)cn2n1. The summed E-state index contributed by atoms with van der Waals surface area (Å²) in [5.74, 6) is 0.0806. The molecule has 0 unspecified atom stereocenters. The summed E-state index contributed by atoms with van der Waals surface area (Å²) in [4.78, 5) is 4.06. The van der Waals surface area contributed by atoms with Crippen LogP contribution >= 0.6 is 15.9 Å². The normalized spacial score (nSPS) is 12.2. The predicted octanol–water partition coefficient (Wildman–Crippen LogP) is 2.50. The third kappa shape index (κ3) is 2.84. The van der Waals surface area contributed by atoms with Gasteiger partial charge in [-0.15, -0.1) is 5.10 Å². The van der Waals surface area contributed by atoms with E-state index in [1.54, 1.807) is 12.3 Å². The highest BCUT2D eigenvalue weighted by Crippen LogP contribution is 2.28. The molecular formula is C11H8BrF3N6. The van der Waals surface area contributed by atoms with Gasteiger partial charge in [0.2, 0.25) is 5.95 Å². The largest absolute Gasteiger partial charge is 0.408 e. The second-order valence-corrected chi connectivity index (χ2v) is 5.27. The van der Waals surface area contributed by atoms with Crippen molar-refractivity contribution in [1.29, 1.82) is 0 Å². The zero-order valence-electron chi connectivity index (χ0n) is 10.3. The van der Waals surface area contributed by atoms with Crippen molar-refractivity contribution in [2.45, 2.75) is 12.7 Å². The predicted molar refractivity (Wildman–Crippen MR) is 72.4 cm³/mol. The van der Waals surface area contributed by atoms with Crippen LogP contribution in [0.25, 0.3) is 16.8 Å². The number of alkyl halides is 3. The summed E-state index contributed by atoms with van der Waals surface area (Å²) in [6, 6.07) is 1.72. The molecule has 10 heteroatoms. The lowest BCUT2D eigenvalue weighted by Crippen LogP contribution is -2.17. The molecule has 0 saturated carbocycles. The molecule has 0 atom stereocenters. The Kier molecular flexibility index (Phi) is 3.12. The zero-order chi connectivity index (χ0) is 15.2. The minimum atomic E-state index is -4.32. The van der Waals surface area contributed by atoms with Crippen molar-refractivity contribution in [3.63, 3.8) is 0 Å². The maximum absolute atomic E-state index is 12.4. The van der Waals surface area contributed by atoms with Crippen LogP contribution in [0.4, 0.5) is 19.1 Å². The molecule has 0 aliphatic heterocycles. The quantitative estimate of drug-likeness (QED) is 0.761. The summed E-state index contributed by atoms with van der Waals surface area (Å²) < 4.78 is 40.1. The highest BCUT2D eigenvalue weighted by atomic mass is 79.9. The number of rotatable bonds is 2. The summed E-state index contributed by atoms with van der Waals surface area (Å²) in [6.07, 6.45) is -0.0178. The summed E-state index contributed by atoms with van der Waals surface area (Å²) in [5, 5.41) is 7.69. The van der Waals surface area contributed by atoms with E-state index in [0.29, 0.717) is 21.2 Å². The summed E-state index contributed by atoms with van der Waals surface area (Å²) in [6.45, 7) is -1.15. The Morgan fingerprint density at radius 2 is 2.05 bits per heavy atom. The van der Waals surface area contributed by atoms with Gasteiger partial charge in [-0.05, 0) is 22.0 Å². The molecule has 0 fully saturated rings. The molecule has 0 amide bonds. The van der Waals surface area contributed by atoms with Crippen molar-refractivity contribution in [3.05, 3.63) is 29.1 Å². The standard InChI is InChI=1S/C11H8BrF3N6/c12-7-1-8(9-18-10(16)19-21(9)4-7)6-2-17-20(3-6)5-11(13,14)15/h1-4H,5H2,(H2,16,19). The van der Waals surface area contributed by atoms with Crippen LogP contribution in [0.3, 0.4) is 0 Å². The molecule has 0 aromatic carbocycles. The van der Waals surface area contributed by atoms with E-state index in [9.17, 15) is 13.2 Å². The van der Waals surface area contributed by atoms with Gasteiger partial charge in [0.25, 0.3) is 0 Å². The summed E-state index contributed by atoms with van der Waals surface area (Å²) in [5.41, 5.74) is 7.08. The van der Waals surface area contributed by atoms with Crippen LogP contribution in [0.15, 0.2) is 29.1 Å². The highest BCUT2D eigenvalue weighted by Gasteiger charge is 2.28. The fourth-order valence-corrected chi connectivity index (χ4v) is 2.38. The van der Waals surface area contributed by atoms with E-state index in [2.05, 4.69) is 31.1 Å². The Bertz CT molecular complexity index is 806. The molecule has 21 heavy (non-hydrogen) atoms. The fourth-order valence-electron chi connectivity index (χ4n) is 1.96. The molecule has 6 nitrogen and oxygen atoms in total. The molecule has 0 spiro atoms. The molecule has 110 valence electrons. The number of fused-ring (bicyclic) bond motifs is 1. The van der Waals surface area contributed by atoms with Gasteiger partial charge in [0.15, 0.2) is 5.65 Å². The van der Waals surface area contributed by atoms with Gasteiger partial charge in [0, 0.05) is 28.0 Å². The van der Waals surface area contributed by atoms with Gasteiger partial charge in [-0.3, -0.25) is 4.68 Å². The van der Waals surface area contributed by atoms with E-state index in [-0.39, 0.29) is 5.95 Å². The lowest BCUT2D eigenvalue weighted by Gasteiger charge is -2.05. The van der Waals surface area contributed by atoms with E-state index >= 15 is 0 Å². The highest BCUT2D eigenvalue weighted by molar-refractivity contribution is 9.10. The van der Waals surface area contributed by atoms with E-state index in [0.717, 1.165) is 4.68 Å². The Morgan fingerprint density at radius 3 is 2.76 bits per heavy atom. The third-order valence-electron chi connectivity index (χ3n) is 2.70. The van der Waals surface area contributed by atoms with Gasteiger partial charge in [-0.2, -0.15) is 23.3 Å². The average Bonchev–Trinajstić information content (AvgIpc) is 2.91. The molecule has 0 aliphatic rings. The maximum Gasteiger partial charge on any atom is 0.408 e. The van der Waals surface area contributed by atoms with Crippen molar-refractivity contribution in [2.24, 2.45) is 0 Å². The van der Waals surface area contributed by atoms with Crippen molar-refractivity contribution in [2.75, 3.05) is 5.73 Å². The van der Waals surface area contributed by atoms with Crippen molar-refractivity contribution in [1.82, 2.24) is 24.4 Å². The molecule has 2 N–H and O–H groups in total. The van der Waals surface area contributed by atoms with Crippen molar-refractivity contribution >= 4 is 27.5 Å². The number of aromatic nitrogens is 5. The average molecular weight is 361 g/mol. The molecule has 0 bridgehead atoms. The van der Waals surface area contributed by atoms with Gasteiger partial charge in [0.05, 0.1) is 6.20 Å². The maximum atomic E-state index is 12.4. The first kappa shape index (κ1) is 13.9. The topological polar surface area (TPSA) is 74.0 Å². The second kappa shape index (κ2) is 4.72. The molecule has 0 saturated heterocycles. The van der Waals surface area contributed by atoms with Crippen LogP contribution in [0.5, 0.6) is 0 Å². The Morgan fingerprint density at radius 1 is 1.29 bits per heavy atom. The van der Waals surface area contributed by atoms with Crippen LogP contribution in [-0.4, -0.2) is 30.6 Å². The van der Waals surface area contributed by atoms with Gasteiger partial charge in [-0.1, -0.05) is 0 Å². The lowest BCUT2D eigenvalue weighted by molar-refractivity contribution is -0.142. The molecule has 3 heterocycles. The summed E-state index contributed by atoms with van der Waals surface area (Å²) in [7, 11) is 0. The Balaban J connectivity index is 2.08. The molecule has 0 aliphatic carbocycles. The van der Waals surface area contributed by atoms with Gasteiger partial charge in [-0.25, -0.2) is 4.52 Å².